The van der Waals surface area contributed by atoms with Gasteiger partial charge in [-0.05, 0) is 44.2 Å². The first kappa shape index (κ1) is 14.3. The van der Waals surface area contributed by atoms with Crippen LogP contribution in [0.15, 0.2) is 12.1 Å². The van der Waals surface area contributed by atoms with Crippen LogP contribution >= 0.6 is 0 Å². The SMILES string of the molecule is COc1ccc(F)c2c1CC(N(C1CCC1)C1CCC1)CO2. The first-order valence-corrected chi connectivity index (χ1v) is 8.53. The molecule has 0 saturated heterocycles. The number of methoxy groups -OCH3 is 1. The average molecular weight is 305 g/mol. The van der Waals surface area contributed by atoms with Crippen LogP contribution in [-0.4, -0.2) is 36.7 Å². The highest BCUT2D eigenvalue weighted by Gasteiger charge is 2.40. The molecule has 0 N–H and O–H groups in total. The van der Waals surface area contributed by atoms with E-state index < -0.39 is 0 Å². The van der Waals surface area contributed by atoms with Gasteiger partial charge in [-0.1, -0.05) is 12.8 Å². The van der Waals surface area contributed by atoms with E-state index in [1.54, 1.807) is 13.2 Å². The fourth-order valence-corrected chi connectivity index (χ4v) is 4.05. The number of fused-ring (bicyclic) bond motifs is 1. The molecule has 1 aliphatic heterocycles. The molecule has 3 aliphatic rings. The van der Waals surface area contributed by atoms with E-state index in [0.717, 1.165) is 17.7 Å². The molecule has 0 spiro atoms. The summed E-state index contributed by atoms with van der Waals surface area (Å²) in [6, 6.07) is 4.93. The minimum Gasteiger partial charge on any atom is -0.496 e. The zero-order chi connectivity index (χ0) is 15.1. The molecule has 4 rings (SSSR count). The molecule has 1 heterocycles. The fourth-order valence-electron chi connectivity index (χ4n) is 4.05. The van der Waals surface area contributed by atoms with Crippen molar-refractivity contribution in [1.29, 1.82) is 0 Å². The normalized spacial score (nSPS) is 25.1. The van der Waals surface area contributed by atoms with Gasteiger partial charge in [-0.2, -0.15) is 0 Å². The largest absolute Gasteiger partial charge is 0.496 e. The molecule has 0 aromatic heterocycles. The zero-order valence-corrected chi connectivity index (χ0v) is 13.2. The number of hydrogen-bond acceptors (Lipinski definition) is 3. The summed E-state index contributed by atoms with van der Waals surface area (Å²) < 4.78 is 25.3. The molecule has 1 atom stereocenters. The van der Waals surface area contributed by atoms with Crippen molar-refractivity contribution in [2.24, 2.45) is 0 Å². The maximum Gasteiger partial charge on any atom is 0.165 e. The van der Waals surface area contributed by atoms with Crippen molar-refractivity contribution < 1.29 is 13.9 Å². The van der Waals surface area contributed by atoms with Crippen molar-refractivity contribution in [2.75, 3.05) is 13.7 Å². The summed E-state index contributed by atoms with van der Waals surface area (Å²) in [5.41, 5.74) is 0.905. The predicted molar refractivity (Wildman–Crippen MR) is 83.1 cm³/mol. The number of benzene rings is 1. The smallest absolute Gasteiger partial charge is 0.165 e. The van der Waals surface area contributed by atoms with Crippen LogP contribution in [0.1, 0.15) is 44.1 Å². The van der Waals surface area contributed by atoms with Gasteiger partial charge in [-0.15, -0.1) is 0 Å². The van der Waals surface area contributed by atoms with Gasteiger partial charge in [0, 0.05) is 23.7 Å². The Morgan fingerprint density at radius 3 is 2.32 bits per heavy atom. The van der Waals surface area contributed by atoms with Gasteiger partial charge < -0.3 is 9.47 Å². The summed E-state index contributed by atoms with van der Waals surface area (Å²) in [5.74, 6) is 0.883. The van der Waals surface area contributed by atoms with E-state index in [2.05, 4.69) is 4.90 Å². The van der Waals surface area contributed by atoms with Crippen molar-refractivity contribution in [3.8, 4) is 11.5 Å². The molecule has 22 heavy (non-hydrogen) atoms. The summed E-state index contributed by atoms with van der Waals surface area (Å²) in [5, 5.41) is 0. The first-order valence-electron chi connectivity index (χ1n) is 8.53. The van der Waals surface area contributed by atoms with Crippen LogP contribution in [0.25, 0.3) is 0 Å². The molecule has 2 aliphatic carbocycles. The molecule has 1 aromatic rings. The minimum atomic E-state index is -0.270. The molecule has 3 nitrogen and oxygen atoms in total. The van der Waals surface area contributed by atoms with Gasteiger partial charge in [-0.25, -0.2) is 4.39 Å². The van der Waals surface area contributed by atoms with E-state index in [0.29, 0.717) is 30.5 Å². The van der Waals surface area contributed by atoms with Crippen molar-refractivity contribution in [2.45, 2.75) is 63.1 Å². The number of nitrogens with zero attached hydrogens (tertiary/aromatic N) is 1. The predicted octanol–water partition coefficient (Wildman–Crippen LogP) is 3.54. The first-order chi connectivity index (χ1) is 10.8. The minimum absolute atomic E-state index is 0.270. The van der Waals surface area contributed by atoms with Crippen molar-refractivity contribution in [1.82, 2.24) is 4.90 Å². The molecule has 2 fully saturated rings. The molecule has 2 saturated carbocycles. The van der Waals surface area contributed by atoms with E-state index in [1.807, 2.05) is 0 Å². The fraction of sp³-hybridized carbons (Fsp3) is 0.667. The summed E-state index contributed by atoms with van der Waals surface area (Å²) in [4.78, 5) is 2.69. The van der Waals surface area contributed by atoms with Gasteiger partial charge in [0.2, 0.25) is 0 Å². The van der Waals surface area contributed by atoms with Crippen LogP contribution in [0.2, 0.25) is 0 Å². The highest BCUT2D eigenvalue weighted by Crippen LogP contribution is 2.41. The number of rotatable bonds is 4. The molecular weight excluding hydrogens is 281 g/mol. The van der Waals surface area contributed by atoms with E-state index >= 15 is 0 Å². The second kappa shape index (κ2) is 5.73. The lowest BCUT2D eigenvalue weighted by molar-refractivity contribution is -0.0196. The Hall–Kier alpha value is -1.29. The summed E-state index contributed by atoms with van der Waals surface area (Å²) >= 11 is 0. The quantitative estimate of drug-likeness (QED) is 0.849. The van der Waals surface area contributed by atoms with E-state index in [1.165, 1.54) is 44.6 Å². The number of hydrogen-bond donors (Lipinski definition) is 0. The standard InChI is InChI=1S/C18H24FNO2/c1-21-17-9-8-16(19)18-15(17)10-14(11-22-18)20(12-4-2-5-12)13-6-3-7-13/h8-9,12-14H,2-7,10-11H2,1H3. The van der Waals surface area contributed by atoms with Crippen LogP contribution in [-0.2, 0) is 6.42 Å². The molecular formula is C18H24FNO2. The van der Waals surface area contributed by atoms with Gasteiger partial charge in [0.15, 0.2) is 11.6 Å². The van der Waals surface area contributed by atoms with E-state index in [9.17, 15) is 4.39 Å². The van der Waals surface area contributed by atoms with Crippen molar-refractivity contribution >= 4 is 0 Å². The van der Waals surface area contributed by atoms with Gasteiger partial charge in [-0.3, -0.25) is 4.90 Å². The third kappa shape index (κ3) is 2.28. The van der Waals surface area contributed by atoms with Crippen LogP contribution in [0, 0.1) is 5.82 Å². The lowest BCUT2D eigenvalue weighted by Crippen LogP contribution is -2.57. The highest BCUT2D eigenvalue weighted by atomic mass is 19.1. The van der Waals surface area contributed by atoms with Gasteiger partial charge in [0.25, 0.3) is 0 Å². The molecule has 0 bridgehead atoms. The van der Waals surface area contributed by atoms with Crippen LogP contribution in [0.3, 0.4) is 0 Å². The molecule has 0 radical (unpaired) electrons. The number of halogens is 1. The monoisotopic (exact) mass is 305 g/mol. The maximum absolute atomic E-state index is 14.0. The Bertz CT molecular complexity index is 540. The third-order valence-corrected chi connectivity index (χ3v) is 5.66. The molecule has 4 heteroatoms. The lowest BCUT2D eigenvalue weighted by atomic mass is 9.82. The topological polar surface area (TPSA) is 21.7 Å². The Kier molecular flexibility index (Phi) is 3.73. The maximum atomic E-state index is 14.0. The summed E-state index contributed by atoms with van der Waals surface area (Å²) in [6.45, 7) is 0.601. The lowest BCUT2D eigenvalue weighted by Gasteiger charge is -2.51. The Balaban J connectivity index is 1.60. The summed E-state index contributed by atoms with van der Waals surface area (Å²) in [6.07, 6.45) is 8.75. The van der Waals surface area contributed by atoms with Crippen molar-refractivity contribution in [3.63, 3.8) is 0 Å². The Morgan fingerprint density at radius 2 is 1.77 bits per heavy atom. The third-order valence-electron chi connectivity index (χ3n) is 5.66. The van der Waals surface area contributed by atoms with Gasteiger partial charge in [0.1, 0.15) is 12.4 Å². The van der Waals surface area contributed by atoms with Crippen LogP contribution in [0.4, 0.5) is 4.39 Å². The molecule has 120 valence electrons. The van der Waals surface area contributed by atoms with Gasteiger partial charge in [0.05, 0.1) is 7.11 Å². The van der Waals surface area contributed by atoms with Gasteiger partial charge >= 0.3 is 0 Å². The zero-order valence-electron chi connectivity index (χ0n) is 13.2. The Morgan fingerprint density at radius 1 is 1.09 bits per heavy atom. The molecule has 1 aromatic carbocycles. The van der Waals surface area contributed by atoms with E-state index in [4.69, 9.17) is 9.47 Å². The molecule has 0 amide bonds. The molecule has 1 unspecified atom stereocenters. The van der Waals surface area contributed by atoms with Crippen molar-refractivity contribution in [3.05, 3.63) is 23.5 Å². The van der Waals surface area contributed by atoms with E-state index in [-0.39, 0.29) is 5.82 Å². The average Bonchev–Trinajstić information content (AvgIpc) is 2.43. The Labute approximate surface area is 131 Å². The second-order valence-electron chi connectivity index (χ2n) is 6.84. The van der Waals surface area contributed by atoms with Crippen LogP contribution in [0.5, 0.6) is 11.5 Å². The summed E-state index contributed by atoms with van der Waals surface area (Å²) in [7, 11) is 1.65. The second-order valence-corrected chi connectivity index (χ2v) is 6.84. The highest BCUT2D eigenvalue weighted by molar-refractivity contribution is 5.47. The number of ether oxygens (including phenoxy) is 2. The van der Waals surface area contributed by atoms with Crippen LogP contribution < -0.4 is 9.47 Å².